The zero-order chi connectivity index (χ0) is 15.2. The van der Waals surface area contributed by atoms with Gasteiger partial charge in [-0.25, -0.2) is 0 Å². The topological polar surface area (TPSA) is 55.4 Å². The first-order valence-corrected chi connectivity index (χ1v) is 7.14. The highest BCUT2D eigenvalue weighted by Crippen LogP contribution is 2.24. The SMILES string of the molecule is CC(=O)Nc1ccccc1OCC(=O)c1cccc(Br)c1. The molecule has 5 heteroatoms. The summed E-state index contributed by atoms with van der Waals surface area (Å²) in [6, 6.07) is 14.1. The van der Waals surface area contributed by atoms with Crippen molar-refractivity contribution in [1.82, 2.24) is 0 Å². The van der Waals surface area contributed by atoms with Gasteiger partial charge in [0.05, 0.1) is 5.69 Å². The van der Waals surface area contributed by atoms with Crippen LogP contribution in [0.5, 0.6) is 5.75 Å². The molecule has 1 N–H and O–H groups in total. The number of ether oxygens (including phenoxy) is 1. The molecular formula is C16H14BrNO3. The third-order valence-corrected chi connectivity index (χ3v) is 3.20. The highest BCUT2D eigenvalue weighted by molar-refractivity contribution is 9.10. The van der Waals surface area contributed by atoms with Crippen molar-refractivity contribution in [3.05, 3.63) is 58.6 Å². The molecule has 0 aliphatic carbocycles. The lowest BCUT2D eigenvalue weighted by Crippen LogP contribution is -2.13. The van der Waals surface area contributed by atoms with Crippen molar-refractivity contribution in [2.24, 2.45) is 0 Å². The average Bonchev–Trinajstić information content (AvgIpc) is 2.45. The Morgan fingerprint density at radius 2 is 1.90 bits per heavy atom. The van der Waals surface area contributed by atoms with Crippen molar-refractivity contribution in [3.8, 4) is 5.75 Å². The molecule has 0 aliphatic rings. The Labute approximate surface area is 131 Å². The summed E-state index contributed by atoms with van der Waals surface area (Å²) in [6.45, 7) is 1.33. The third kappa shape index (κ3) is 4.43. The number of nitrogens with one attached hydrogen (secondary N) is 1. The summed E-state index contributed by atoms with van der Waals surface area (Å²) in [5, 5.41) is 2.66. The number of Topliss-reactive ketones (excluding diaryl/α,β-unsaturated/α-hetero) is 1. The molecule has 21 heavy (non-hydrogen) atoms. The Morgan fingerprint density at radius 1 is 1.14 bits per heavy atom. The number of amides is 1. The van der Waals surface area contributed by atoms with E-state index in [1.807, 2.05) is 6.07 Å². The zero-order valence-corrected chi connectivity index (χ0v) is 13.0. The number of carbonyl (C=O) groups excluding carboxylic acids is 2. The van der Waals surface area contributed by atoms with Crippen molar-refractivity contribution in [3.63, 3.8) is 0 Å². The van der Waals surface area contributed by atoms with E-state index in [1.165, 1.54) is 6.92 Å². The lowest BCUT2D eigenvalue weighted by Gasteiger charge is -2.11. The minimum Gasteiger partial charge on any atom is -0.483 e. The summed E-state index contributed by atoms with van der Waals surface area (Å²) in [4.78, 5) is 23.2. The molecule has 0 saturated heterocycles. The Bertz CT molecular complexity index is 670. The van der Waals surface area contributed by atoms with Gasteiger partial charge in [-0.05, 0) is 24.3 Å². The molecule has 1 amide bonds. The fraction of sp³-hybridized carbons (Fsp3) is 0.125. The number of anilines is 1. The average molecular weight is 348 g/mol. The first-order chi connectivity index (χ1) is 10.1. The maximum Gasteiger partial charge on any atom is 0.221 e. The molecule has 2 rings (SSSR count). The molecule has 0 unspecified atom stereocenters. The van der Waals surface area contributed by atoms with Crippen molar-refractivity contribution in [1.29, 1.82) is 0 Å². The minimum absolute atomic E-state index is 0.0902. The van der Waals surface area contributed by atoms with Crippen LogP contribution >= 0.6 is 15.9 Å². The van der Waals surface area contributed by atoms with Gasteiger partial charge < -0.3 is 10.1 Å². The monoisotopic (exact) mass is 347 g/mol. The van der Waals surface area contributed by atoms with E-state index in [0.29, 0.717) is 17.0 Å². The molecule has 4 nitrogen and oxygen atoms in total. The van der Waals surface area contributed by atoms with Crippen LogP contribution in [0.1, 0.15) is 17.3 Å². The molecule has 0 radical (unpaired) electrons. The largest absolute Gasteiger partial charge is 0.483 e. The van der Waals surface area contributed by atoms with Crippen molar-refractivity contribution in [2.45, 2.75) is 6.92 Å². The van der Waals surface area contributed by atoms with Gasteiger partial charge in [0.2, 0.25) is 5.91 Å². The maximum absolute atomic E-state index is 12.1. The van der Waals surface area contributed by atoms with Crippen LogP contribution in [-0.4, -0.2) is 18.3 Å². The van der Waals surface area contributed by atoms with E-state index in [9.17, 15) is 9.59 Å². The highest BCUT2D eigenvalue weighted by atomic mass is 79.9. The van der Waals surface area contributed by atoms with Crippen LogP contribution in [0, 0.1) is 0 Å². The molecule has 0 atom stereocenters. The van der Waals surface area contributed by atoms with Crippen molar-refractivity contribution < 1.29 is 14.3 Å². The van der Waals surface area contributed by atoms with Crippen LogP contribution < -0.4 is 10.1 Å². The first-order valence-electron chi connectivity index (χ1n) is 6.34. The Balaban J connectivity index is 2.06. The van der Waals surface area contributed by atoms with Gasteiger partial charge in [0.1, 0.15) is 5.75 Å². The second kappa shape index (κ2) is 7.04. The van der Waals surface area contributed by atoms with Gasteiger partial charge in [-0.15, -0.1) is 0 Å². The summed E-state index contributed by atoms with van der Waals surface area (Å²) >= 11 is 3.32. The van der Waals surface area contributed by atoms with E-state index in [1.54, 1.807) is 42.5 Å². The lowest BCUT2D eigenvalue weighted by molar-refractivity contribution is -0.114. The van der Waals surface area contributed by atoms with E-state index in [4.69, 9.17) is 4.74 Å². The van der Waals surface area contributed by atoms with E-state index in [0.717, 1.165) is 4.47 Å². The van der Waals surface area contributed by atoms with Gasteiger partial charge in [0.15, 0.2) is 12.4 Å². The van der Waals surface area contributed by atoms with Crippen LogP contribution in [-0.2, 0) is 4.79 Å². The molecular weight excluding hydrogens is 334 g/mol. The second-order valence-corrected chi connectivity index (χ2v) is 5.32. The lowest BCUT2D eigenvalue weighted by atomic mass is 10.1. The Morgan fingerprint density at radius 3 is 2.62 bits per heavy atom. The number of carbonyl (C=O) groups is 2. The van der Waals surface area contributed by atoms with Crippen LogP contribution in [0.25, 0.3) is 0 Å². The van der Waals surface area contributed by atoms with Gasteiger partial charge in [-0.3, -0.25) is 9.59 Å². The number of halogens is 1. The van der Waals surface area contributed by atoms with Gasteiger partial charge >= 0.3 is 0 Å². The maximum atomic E-state index is 12.1. The van der Waals surface area contributed by atoms with Crippen molar-refractivity contribution >= 4 is 33.3 Å². The molecule has 2 aromatic carbocycles. The summed E-state index contributed by atoms with van der Waals surface area (Å²) in [5.41, 5.74) is 1.12. The predicted molar refractivity (Wildman–Crippen MR) is 84.7 cm³/mol. The number of rotatable bonds is 5. The molecule has 2 aromatic rings. The molecule has 0 aliphatic heterocycles. The fourth-order valence-corrected chi connectivity index (χ4v) is 2.17. The fourth-order valence-electron chi connectivity index (χ4n) is 1.77. The van der Waals surface area contributed by atoms with E-state index in [2.05, 4.69) is 21.2 Å². The Hall–Kier alpha value is -2.14. The molecule has 0 fully saturated rings. The van der Waals surface area contributed by atoms with E-state index in [-0.39, 0.29) is 18.3 Å². The first kappa shape index (κ1) is 15.3. The van der Waals surface area contributed by atoms with E-state index < -0.39 is 0 Å². The summed E-state index contributed by atoms with van der Waals surface area (Å²) in [5.74, 6) is 0.148. The van der Waals surface area contributed by atoms with Crippen LogP contribution in [0.15, 0.2) is 53.0 Å². The number of hydrogen-bond acceptors (Lipinski definition) is 3. The van der Waals surface area contributed by atoms with Gasteiger partial charge in [-0.1, -0.05) is 40.2 Å². The van der Waals surface area contributed by atoms with Crippen LogP contribution in [0.2, 0.25) is 0 Å². The normalized spacial score (nSPS) is 10.0. The molecule has 108 valence electrons. The number of hydrogen-bond donors (Lipinski definition) is 1. The summed E-state index contributed by atoms with van der Waals surface area (Å²) in [7, 11) is 0. The minimum atomic E-state index is -0.190. The zero-order valence-electron chi connectivity index (χ0n) is 11.4. The summed E-state index contributed by atoms with van der Waals surface area (Å²) in [6.07, 6.45) is 0. The third-order valence-electron chi connectivity index (χ3n) is 2.70. The van der Waals surface area contributed by atoms with Gasteiger partial charge in [-0.2, -0.15) is 0 Å². The molecule has 0 aromatic heterocycles. The molecule has 0 saturated carbocycles. The summed E-state index contributed by atoms with van der Waals surface area (Å²) < 4.78 is 6.35. The molecule has 0 bridgehead atoms. The second-order valence-electron chi connectivity index (χ2n) is 4.40. The number of ketones is 1. The smallest absolute Gasteiger partial charge is 0.221 e. The predicted octanol–water partition coefficient (Wildman–Crippen LogP) is 3.67. The molecule has 0 spiro atoms. The van der Waals surface area contributed by atoms with Gasteiger partial charge in [0.25, 0.3) is 0 Å². The van der Waals surface area contributed by atoms with Gasteiger partial charge in [0, 0.05) is 17.0 Å². The molecule has 0 heterocycles. The number of para-hydroxylation sites is 2. The Kier molecular flexibility index (Phi) is 5.11. The number of benzene rings is 2. The standard InChI is InChI=1S/C16H14BrNO3/c1-11(19)18-14-7-2-3-8-16(14)21-10-15(20)12-5-4-6-13(17)9-12/h2-9H,10H2,1H3,(H,18,19). The van der Waals surface area contributed by atoms with E-state index >= 15 is 0 Å². The highest BCUT2D eigenvalue weighted by Gasteiger charge is 2.10. The quantitative estimate of drug-likeness (QED) is 0.839. The van der Waals surface area contributed by atoms with Crippen molar-refractivity contribution in [2.75, 3.05) is 11.9 Å². The van der Waals surface area contributed by atoms with Crippen LogP contribution in [0.3, 0.4) is 0 Å². The van der Waals surface area contributed by atoms with Crippen LogP contribution in [0.4, 0.5) is 5.69 Å².